The lowest BCUT2D eigenvalue weighted by atomic mass is 10.1. The number of thiazole rings is 1. The number of carbonyl (C=O) groups excluding carboxylic acids is 1. The standard InChI is InChI=1S/C21H21FN2O3S/c1-13-20(28-19(23-13)11-14-3-7-16(22)8-4-14)21(26)24-18(12-25)15-5-9-17(27-2)10-6-15/h3-10,18,25H,11-12H2,1-2H3,(H,24,26). The van der Waals surface area contributed by atoms with Crippen LogP contribution < -0.4 is 10.1 Å². The maximum Gasteiger partial charge on any atom is 0.263 e. The molecule has 1 atom stereocenters. The number of hydrogen-bond acceptors (Lipinski definition) is 5. The number of ether oxygens (including phenoxy) is 1. The average Bonchev–Trinajstić information content (AvgIpc) is 3.08. The van der Waals surface area contributed by atoms with E-state index in [4.69, 9.17) is 4.74 Å². The number of benzene rings is 2. The zero-order chi connectivity index (χ0) is 20.1. The number of carbonyl (C=O) groups is 1. The van der Waals surface area contributed by atoms with Crippen molar-refractivity contribution in [2.24, 2.45) is 0 Å². The summed E-state index contributed by atoms with van der Waals surface area (Å²) < 4.78 is 18.2. The van der Waals surface area contributed by atoms with Crippen molar-refractivity contribution >= 4 is 17.2 Å². The fourth-order valence-electron chi connectivity index (χ4n) is 2.81. The fourth-order valence-corrected chi connectivity index (χ4v) is 3.81. The summed E-state index contributed by atoms with van der Waals surface area (Å²) >= 11 is 1.30. The van der Waals surface area contributed by atoms with Crippen LogP contribution in [0.2, 0.25) is 0 Å². The first-order chi connectivity index (χ1) is 13.5. The Morgan fingerprint density at radius 3 is 2.50 bits per heavy atom. The van der Waals surface area contributed by atoms with E-state index in [-0.39, 0.29) is 18.3 Å². The number of methoxy groups -OCH3 is 1. The Labute approximate surface area is 166 Å². The van der Waals surface area contributed by atoms with Gasteiger partial charge in [0.25, 0.3) is 5.91 Å². The summed E-state index contributed by atoms with van der Waals surface area (Å²) in [4.78, 5) is 17.7. The van der Waals surface area contributed by atoms with Crippen molar-refractivity contribution < 1.29 is 19.0 Å². The van der Waals surface area contributed by atoms with Gasteiger partial charge in [0.1, 0.15) is 16.4 Å². The van der Waals surface area contributed by atoms with Crippen LogP contribution in [0.15, 0.2) is 48.5 Å². The van der Waals surface area contributed by atoms with Crippen LogP contribution in [0.3, 0.4) is 0 Å². The maximum absolute atomic E-state index is 13.0. The fraction of sp³-hybridized carbons (Fsp3) is 0.238. The van der Waals surface area contributed by atoms with E-state index in [1.807, 2.05) is 0 Å². The summed E-state index contributed by atoms with van der Waals surface area (Å²) in [6, 6.07) is 12.9. The maximum atomic E-state index is 13.0. The second kappa shape index (κ2) is 8.95. The number of aryl methyl sites for hydroxylation is 1. The zero-order valence-electron chi connectivity index (χ0n) is 15.6. The minimum Gasteiger partial charge on any atom is -0.497 e. The van der Waals surface area contributed by atoms with Crippen LogP contribution in [-0.2, 0) is 6.42 Å². The van der Waals surface area contributed by atoms with Crippen LogP contribution in [-0.4, -0.2) is 29.7 Å². The van der Waals surface area contributed by atoms with Gasteiger partial charge in [0.2, 0.25) is 0 Å². The highest BCUT2D eigenvalue weighted by atomic mass is 32.1. The number of rotatable bonds is 7. The van der Waals surface area contributed by atoms with Gasteiger partial charge in [-0.1, -0.05) is 24.3 Å². The number of amides is 1. The molecule has 1 aromatic heterocycles. The number of nitrogens with zero attached hydrogens (tertiary/aromatic N) is 1. The van der Waals surface area contributed by atoms with Crippen molar-refractivity contribution in [1.29, 1.82) is 0 Å². The van der Waals surface area contributed by atoms with Gasteiger partial charge in [0.05, 0.1) is 30.5 Å². The highest BCUT2D eigenvalue weighted by Gasteiger charge is 2.20. The topological polar surface area (TPSA) is 71.5 Å². The molecule has 1 unspecified atom stereocenters. The highest BCUT2D eigenvalue weighted by molar-refractivity contribution is 7.13. The number of aliphatic hydroxyl groups is 1. The van der Waals surface area contributed by atoms with E-state index in [1.54, 1.807) is 50.4 Å². The summed E-state index contributed by atoms with van der Waals surface area (Å²) in [7, 11) is 1.58. The van der Waals surface area contributed by atoms with Gasteiger partial charge in [-0.3, -0.25) is 4.79 Å². The van der Waals surface area contributed by atoms with E-state index in [0.717, 1.165) is 16.1 Å². The summed E-state index contributed by atoms with van der Waals surface area (Å²) in [6.45, 7) is 1.55. The average molecular weight is 400 g/mol. The van der Waals surface area contributed by atoms with Crippen LogP contribution in [0, 0.1) is 12.7 Å². The van der Waals surface area contributed by atoms with E-state index in [2.05, 4.69) is 10.3 Å². The molecular weight excluding hydrogens is 379 g/mol. The SMILES string of the molecule is COc1ccc(C(CO)NC(=O)c2sc(Cc3ccc(F)cc3)nc2C)cc1. The third-order valence-electron chi connectivity index (χ3n) is 4.32. The molecule has 0 aliphatic carbocycles. The molecule has 0 bridgehead atoms. The number of aromatic nitrogens is 1. The van der Waals surface area contributed by atoms with E-state index in [0.29, 0.717) is 22.7 Å². The molecule has 0 radical (unpaired) electrons. The van der Waals surface area contributed by atoms with Crippen molar-refractivity contribution in [2.45, 2.75) is 19.4 Å². The molecule has 0 spiro atoms. The number of aliphatic hydroxyl groups excluding tert-OH is 1. The number of hydrogen-bond donors (Lipinski definition) is 2. The van der Waals surface area contributed by atoms with Gasteiger partial charge in [-0.2, -0.15) is 0 Å². The third kappa shape index (κ3) is 4.74. The monoisotopic (exact) mass is 400 g/mol. The Morgan fingerprint density at radius 1 is 1.21 bits per heavy atom. The normalized spacial score (nSPS) is 11.9. The molecule has 2 N–H and O–H groups in total. The number of nitrogens with one attached hydrogen (secondary N) is 1. The second-order valence-electron chi connectivity index (χ2n) is 6.31. The lowest BCUT2D eigenvalue weighted by molar-refractivity contribution is 0.0919. The van der Waals surface area contributed by atoms with E-state index in [1.165, 1.54) is 23.5 Å². The molecule has 5 nitrogen and oxygen atoms in total. The summed E-state index contributed by atoms with van der Waals surface area (Å²) in [5.74, 6) is 0.137. The minimum absolute atomic E-state index is 0.224. The molecule has 3 rings (SSSR count). The van der Waals surface area contributed by atoms with Crippen LogP contribution in [0.4, 0.5) is 4.39 Å². The molecule has 0 saturated heterocycles. The Morgan fingerprint density at radius 2 is 1.89 bits per heavy atom. The lowest BCUT2D eigenvalue weighted by Crippen LogP contribution is -2.30. The zero-order valence-corrected chi connectivity index (χ0v) is 16.4. The first-order valence-electron chi connectivity index (χ1n) is 8.76. The Kier molecular flexibility index (Phi) is 6.38. The summed E-state index contributed by atoms with van der Waals surface area (Å²) in [5.41, 5.74) is 2.34. The van der Waals surface area contributed by atoms with Gasteiger partial charge in [-0.15, -0.1) is 11.3 Å². The van der Waals surface area contributed by atoms with Gasteiger partial charge < -0.3 is 15.2 Å². The van der Waals surface area contributed by atoms with Crippen LogP contribution >= 0.6 is 11.3 Å². The van der Waals surface area contributed by atoms with E-state index in [9.17, 15) is 14.3 Å². The molecule has 1 heterocycles. The molecule has 3 aromatic rings. The molecule has 0 aliphatic heterocycles. The molecule has 0 fully saturated rings. The van der Waals surface area contributed by atoms with E-state index < -0.39 is 6.04 Å². The molecule has 0 saturated carbocycles. The quantitative estimate of drug-likeness (QED) is 0.635. The van der Waals surface area contributed by atoms with Crippen LogP contribution in [0.25, 0.3) is 0 Å². The van der Waals surface area contributed by atoms with Gasteiger partial charge >= 0.3 is 0 Å². The molecule has 1 amide bonds. The van der Waals surface area contributed by atoms with Crippen LogP contribution in [0.1, 0.15) is 37.5 Å². The smallest absolute Gasteiger partial charge is 0.263 e. The Balaban J connectivity index is 1.72. The second-order valence-corrected chi connectivity index (χ2v) is 7.39. The first-order valence-corrected chi connectivity index (χ1v) is 9.58. The van der Waals surface area contributed by atoms with Crippen molar-refractivity contribution in [3.05, 3.63) is 81.1 Å². The van der Waals surface area contributed by atoms with Gasteiger partial charge in [0.15, 0.2) is 0 Å². The predicted molar refractivity (Wildman–Crippen MR) is 106 cm³/mol. The van der Waals surface area contributed by atoms with Crippen molar-refractivity contribution in [3.8, 4) is 5.75 Å². The summed E-state index contributed by atoms with van der Waals surface area (Å²) in [6.07, 6.45) is 0.529. The van der Waals surface area contributed by atoms with Crippen LogP contribution in [0.5, 0.6) is 5.75 Å². The van der Waals surface area contributed by atoms with Gasteiger partial charge in [-0.25, -0.2) is 9.37 Å². The predicted octanol–water partition coefficient (Wildman–Crippen LogP) is 3.65. The van der Waals surface area contributed by atoms with Crippen molar-refractivity contribution in [2.75, 3.05) is 13.7 Å². The Hall–Kier alpha value is -2.77. The molecular formula is C21H21FN2O3S. The van der Waals surface area contributed by atoms with Crippen molar-refractivity contribution in [1.82, 2.24) is 10.3 Å². The number of halogens is 1. The third-order valence-corrected chi connectivity index (χ3v) is 5.48. The van der Waals surface area contributed by atoms with Crippen molar-refractivity contribution in [3.63, 3.8) is 0 Å². The van der Waals surface area contributed by atoms with Gasteiger partial charge in [-0.05, 0) is 42.3 Å². The van der Waals surface area contributed by atoms with Gasteiger partial charge in [0, 0.05) is 6.42 Å². The lowest BCUT2D eigenvalue weighted by Gasteiger charge is -2.16. The minimum atomic E-state index is -0.527. The molecule has 28 heavy (non-hydrogen) atoms. The summed E-state index contributed by atoms with van der Waals surface area (Å²) in [5, 5.41) is 13.3. The Bertz CT molecular complexity index is 939. The molecule has 0 aliphatic rings. The molecule has 2 aromatic carbocycles. The highest BCUT2D eigenvalue weighted by Crippen LogP contribution is 2.23. The molecule has 146 valence electrons. The van der Waals surface area contributed by atoms with E-state index >= 15 is 0 Å². The largest absolute Gasteiger partial charge is 0.497 e. The first kappa shape index (κ1) is 20.0. The molecule has 7 heteroatoms.